The minimum Gasteiger partial charge on any atom is -0.305 e. The van der Waals surface area contributed by atoms with Crippen LogP contribution in [0, 0.1) is 6.92 Å². The number of nitrogens with one attached hydrogen (secondary N) is 1. The van der Waals surface area contributed by atoms with Gasteiger partial charge >= 0.3 is 0 Å². The Kier molecular flexibility index (Phi) is 4.14. The van der Waals surface area contributed by atoms with Gasteiger partial charge in [-0.3, -0.25) is 0 Å². The normalized spacial score (nSPS) is 12.0. The molecule has 0 aliphatic carbocycles. The van der Waals surface area contributed by atoms with Gasteiger partial charge in [0, 0.05) is 40.7 Å². The number of thiazole rings is 2. The molecule has 5 heteroatoms. The van der Waals surface area contributed by atoms with Gasteiger partial charge in [-0.25, -0.2) is 9.97 Å². The van der Waals surface area contributed by atoms with Gasteiger partial charge in [-0.1, -0.05) is 20.8 Å². The number of hydrogen-bond donors (Lipinski definition) is 1. The lowest BCUT2D eigenvalue weighted by molar-refractivity contribution is 0.585. The van der Waals surface area contributed by atoms with Gasteiger partial charge in [-0.15, -0.1) is 22.7 Å². The van der Waals surface area contributed by atoms with E-state index < -0.39 is 0 Å². The van der Waals surface area contributed by atoms with Crippen molar-refractivity contribution in [2.24, 2.45) is 0 Å². The number of hydrogen-bond acceptors (Lipinski definition) is 5. The first kappa shape index (κ1) is 13.6. The second-order valence-electron chi connectivity index (χ2n) is 5.37. The van der Waals surface area contributed by atoms with Crippen molar-refractivity contribution in [1.82, 2.24) is 15.3 Å². The summed E-state index contributed by atoms with van der Waals surface area (Å²) in [6, 6.07) is 0. The molecule has 98 valence electrons. The molecular formula is C13H19N3S2. The summed E-state index contributed by atoms with van der Waals surface area (Å²) in [5.74, 6) is 0. The van der Waals surface area contributed by atoms with Crippen LogP contribution in [0.4, 0.5) is 0 Å². The molecule has 0 aromatic carbocycles. The molecule has 0 aliphatic heterocycles. The zero-order valence-electron chi connectivity index (χ0n) is 11.3. The molecule has 0 atom stereocenters. The Bertz CT molecular complexity index is 508. The topological polar surface area (TPSA) is 37.8 Å². The summed E-state index contributed by atoms with van der Waals surface area (Å²) >= 11 is 3.50. The second kappa shape index (κ2) is 5.47. The molecule has 0 bridgehead atoms. The predicted octanol–water partition coefficient (Wildman–Crippen LogP) is 3.50. The second-order valence-corrected chi connectivity index (χ2v) is 7.43. The first-order chi connectivity index (χ1) is 8.45. The molecule has 0 fully saturated rings. The summed E-state index contributed by atoms with van der Waals surface area (Å²) < 4.78 is 0. The van der Waals surface area contributed by atoms with Gasteiger partial charge in [0.1, 0.15) is 5.01 Å². The molecule has 2 rings (SSSR count). The maximum atomic E-state index is 4.48. The van der Waals surface area contributed by atoms with Crippen molar-refractivity contribution in [2.75, 3.05) is 0 Å². The van der Waals surface area contributed by atoms with Crippen molar-refractivity contribution in [3.63, 3.8) is 0 Å². The standard InChI is InChI=1S/C13H19N3S2/c1-9-8-17-11(16-9)7-14-5-10-6-15-12(18-10)13(2,3)4/h6,8,14H,5,7H2,1-4H3. The van der Waals surface area contributed by atoms with E-state index in [-0.39, 0.29) is 5.41 Å². The maximum Gasteiger partial charge on any atom is 0.107 e. The van der Waals surface area contributed by atoms with Crippen LogP contribution in [0.1, 0.15) is 41.4 Å². The van der Waals surface area contributed by atoms with E-state index in [4.69, 9.17) is 0 Å². The van der Waals surface area contributed by atoms with E-state index >= 15 is 0 Å². The van der Waals surface area contributed by atoms with Crippen LogP contribution in [-0.2, 0) is 18.5 Å². The lowest BCUT2D eigenvalue weighted by Crippen LogP contribution is -2.11. The third kappa shape index (κ3) is 3.60. The molecule has 2 aromatic rings. The zero-order valence-corrected chi connectivity index (χ0v) is 12.9. The largest absolute Gasteiger partial charge is 0.305 e. The molecule has 0 radical (unpaired) electrons. The van der Waals surface area contributed by atoms with Crippen molar-refractivity contribution >= 4 is 22.7 Å². The van der Waals surface area contributed by atoms with Crippen molar-refractivity contribution in [3.8, 4) is 0 Å². The van der Waals surface area contributed by atoms with Gasteiger partial charge in [-0.05, 0) is 6.92 Å². The first-order valence-corrected chi connectivity index (χ1v) is 7.71. The molecule has 2 aromatic heterocycles. The van der Waals surface area contributed by atoms with E-state index in [2.05, 4.69) is 41.4 Å². The van der Waals surface area contributed by atoms with Crippen LogP contribution in [0.15, 0.2) is 11.6 Å². The van der Waals surface area contributed by atoms with Crippen molar-refractivity contribution < 1.29 is 0 Å². The van der Waals surface area contributed by atoms with Gasteiger partial charge in [0.25, 0.3) is 0 Å². The highest BCUT2D eigenvalue weighted by Crippen LogP contribution is 2.26. The third-order valence-electron chi connectivity index (χ3n) is 2.44. The minimum atomic E-state index is 0.148. The Morgan fingerprint density at radius 2 is 2.06 bits per heavy atom. The lowest BCUT2D eigenvalue weighted by atomic mass is 9.98. The summed E-state index contributed by atoms with van der Waals surface area (Å²) in [6.45, 7) is 10.3. The highest BCUT2D eigenvalue weighted by Gasteiger charge is 2.17. The van der Waals surface area contributed by atoms with Crippen LogP contribution in [0.2, 0.25) is 0 Å². The van der Waals surface area contributed by atoms with Gasteiger partial charge in [0.05, 0.1) is 5.01 Å². The van der Waals surface area contributed by atoms with Crippen molar-refractivity contribution in [3.05, 3.63) is 32.2 Å². The summed E-state index contributed by atoms with van der Waals surface area (Å²) in [6.07, 6.45) is 1.98. The van der Waals surface area contributed by atoms with Gasteiger partial charge < -0.3 is 5.32 Å². The molecule has 3 nitrogen and oxygen atoms in total. The summed E-state index contributed by atoms with van der Waals surface area (Å²) in [4.78, 5) is 10.2. The molecule has 1 N–H and O–H groups in total. The van der Waals surface area contributed by atoms with Crippen LogP contribution in [-0.4, -0.2) is 9.97 Å². The first-order valence-electron chi connectivity index (χ1n) is 6.02. The summed E-state index contributed by atoms with van der Waals surface area (Å²) in [5.41, 5.74) is 1.25. The predicted molar refractivity (Wildman–Crippen MR) is 78.2 cm³/mol. The molecule has 0 saturated carbocycles. The van der Waals surface area contributed by atoms with Crippen LogP contribution >= 0.6 is 22.7 Å². The number of aryl methyl sites for hydroxylation is 1. The number of nitrogens with zero attached hydrogens (tertiary/aromatic N) is 2. The summed E-state index contributed by atoms with van der Waals surface area (Å²) in [5, 5.41) is 7.84. The lowest BCUT2D eigenvalue weighted by Gasteiger charge is -2.13. The molecular weight excluding hydrogens is 262 g/mol. The summed E-state index contributed by atoms with van der Waals surface area (Å²) in [7, 11) is 0. The zero-order chi connectivity index (χ0) is 13.2. The molecule has 0 amide bonds. The third-order valence-corrected chi connectivity index (χ3v) is 4.83. The molecule has 18 heavy (non-hydrogen) atoms. The Hall–Kier alpha value is -0.780. The Labute approximate surface area is 116 Å². The fraction of sp³-hybridized carbons (Fsp3) is 0.538. The average molecular weight is 281 g/mol. The fourth-order valence-electron chi connectivity index (χ4n) is 1.51. The van der Waals surface area contributed by atoms with Crippen LogP contribution < -0.4 is 5.32 Å². The average Bonchev–Trinajstić information content (AvgIpc) is 2.87. The van der Waals surface area contributed by atoms with Gasteiger partial charge in [0.2, 0.25) is 0 Å². The van der Waals surface area contributed by atoms with Crippen LogP contribution in [0.5, 0.6) is 0 Å². The molecule has 0 aliphatic rings. The minimum absolute atomic E-state index is 0.148. The van der Waals surface area contributed by atoms with E-state index in [1.807, 2.05) is 13.1 Å². The molecule has 2 heterocycles. The van der Waals surface area contributed by atoms with Crippen molar-refractivity contribution in [2.45, 2.75) is 46.2 Å². The highest BCUT2D eigenvalue weighted by atomic mass is 32.1. The SMILES string of the molecule is Cc1csc(CNCc2cnc(C(C)(C)C)s2)n1. The van der Waals surface area contributed by atoms with E-state index in [9.17, 15) is 0 Å². The van der Waals surface area contributed by atoms with E-state index in [0.29, 0.717) is 0 Å². The van der Waals surface area contributed by atoms with Gasteiger partial charge in [0.15, 0.2) is 0 Å². The van der Waals surface area contributed by atoms with Crippen molar-refractivity contribution in [1.29, 1.82) is 0 Å². The Morgan fingerprint density at radius 3 is 2.61 bits per heavy atom. The Balaban J connectivity index is 1.85. The quantitative estimate of drug-likeness (QED) is 0.932. The smallest absolute Gasteiger partial charge is 0.107 e. The van der Waals surface area contributed by atoms with Gasteiger partial charge in [-0.2, -0.15) is 0 Å². The number of rotatable bonds is 4. The molecule has 0 unspecified atom stereocenters. The van der Waals surface area contributed by atoms with E-state index in [0.717, 1.165) is 23.8 Å². The monoisotopic (exact) mass is 281 g/mol. The Morgan fingerprint density at radius 1 is 1.28 bits per heavy atom. The van der Waals surface area contributed by atoms with Crippen LogP contribution in [0.25, 0.3) is 0 Å². The van der Waals surface area contributed by atoms with E-state index in [1.54, 1.807) is 22.7 Å². The number of aromatic nitrogens is 2. The van der Waals surface area contributed by atoms with E-state index in [1.165, 1.54) is 9.88 Å². The molecule has 0 saturated heterocycles. The maximum absolute atomic E-state index is 4.48. The van der Waals surface area contributed by atoms with Crippen LogP contribution in [0.3, 0.4) is 0 Å². The highest BCUT2D eigenvalue weighted by molar-refractivity contribution is 7.11. The molecule has 0 spiro atoms. The fourth-order valence-corrected chi connectivity index (χ4v) is 3.19.